The van der Waals surface area contributed by atoms with Crippen LogP contribution in [0.15, 0.2) is 11.6 Å². The monoisotopic (exact) mass is 210 g/mol. The molecule has 2 unspecified atom stereocenters. The molecule has 0 radical (unpaired) electrons. The van der Waals surface area contributed by atoms with E-state index in [1.54, 1.807) is 0 Å². The smallest absolute Gasteiger partial charge is 0.0247 e. The number of hydrogen-bond acceptors (Lipinski definition) is 2. The summed E-state index contributed by atoms with van der Waals surface area (Å²) in [6.07, 6.45) is 2.34. The highest BCUT2D eigenvalue weighted by Gasteiger charge is 2.26. The van der Waals surface area contributed by atoms with Crippen LogP contribution in [-0.2, 0) is 0 Å². The fourth-order valence-electron chi connectivity index (χ4n) is 2.17. The minimum absolute atomic E-state index is 0.630. The van der Waals surface area contributed by atoms with Crippen LogP contribution in [0.5, 0.6) is 0 Å². The lowest BCUT2D eigenvalue weighted by molar-refractivity contribution is 0.116. The van der Waals surface area contributed by atoms with Gasteiger partial charge >= 0.3 is 0 Å². The highest BCUT2D eigenvalue weighted by atomic mass is 15.2. The summed E-state index contributed by atoms with van der Waals surface area (Å²) in [5.41, 5.74) is 1.42. The summed E-state index contributed by atoms with van der Waals surface area (Å²) < 4.78 is 0. The Hall–Kier alpha value is -0.340. The van der Waals surface area contributed by atoms with E-state index in [2.05, 4.69) is 50.9 Å². The van der Waals surface area contributed by atoms with Crippen molar-refractivity contribution in [1.29, 1.82) is 0 Å². The molecule has 1 heterocycles. The Morgan fingerprint density at radius 2 is 2.13 bits per heavy atom. The number of nitrogens with zero attached hydrogens (tertiary/aromatic N) is 1. The number of allylic oxidation sites excluding steroid dienone is 1. The van der Waals surface area contributed by atoms with Gasteiger partial charge in [0.15, 0.2) is 0 Å². The molecular weight excluding hydrogens is 184 g/mol. The van der Waals surface area contributed by atoms with Crippen LogP contribution in [0.4, 0.5) is 0 Å². The van der Waals surface area contributed by atoms with Crippen LogP contribution in [-0.4, -0.2) is 36.6 Å². The Kier molecular flexibility index (Phi) is 4.81. The highest BCUT2D eigenvalue weighted by Crippen LogP contribution is 2.15. The van der Waals surface area contributed by atoms with Crippen molar-refractivity contribution in [2.75, 3.05) is 19.6 Å². The molecular formula is C13H26N2. The lowest BCUT2D eigenvalue weighted by Crippen LogP contribution is -2.57. The van der Waals surface area contributed by atoms with Crippen molar-refractivity contribution in [1.82, 2.24) is 10.2 Å². The Labute approximate surface area is 94.7 Å². The van der Waals surface area contributed by atoms with Crippen LogP contribution >= 0.6 is 0 Å². The molecule has 0 aliphatic carbocycles. The van der Waals surface area contributed by atoms with Crippen molar-refractivity contribution < 1.29 is 0 Å². The molecule has 15 heavy (non-hydrogen) atoms. The molecule has 1 fully saturated rings. The van der Waals surface area contributed by atoms with Gasteiger partial charge in [-0.1, -0.05) is 25.5 Å². The van der Waals surface area contributed by atoms with Crippen LogP contribution in [0.3, 0.4) is 0 Å². The molecule has 0 saturated carbocycles. The van der Waals surface area contributed by atoms with Gasteiger partial charge in [-0.15, -0.1) is 0 Å². The maximum atomic E-state index is 3.57. The number of nitrogens with one attached hydrogen (secondary N) is 1. The molecule has 1 aliphatic rings. The lowest BCUT2D eigenvalue weighted by atomic mass is 9.98. The standard InChI is InChI=1S/C13H26N2/c1-10(2)6-7-15-9-12(5)14-8-13(15)11(3)4/h6,11-14H,7-9H2,1-5H3. The summed E-state index contributed by atoms with van der Waals surface area (Å²) in [4.78, 5) is 2.61. The Bertz CT molecular complexity index is 217. The normalized spacial score (nSPS) is 28.1. The minimum Gasteiger partial charge on any atom is -0.311 e. The maximum absolute atomic E-state index is 3.57. The van der Waals surface area contributed by atoms with Gasteiger partial charge in [0.25, 0.3) is 0 Å². The van der Waals surface area contributed by atoms with Gasteiger partial charge in [-0.05, 0) is 26.7 Å². The highest BCUT2D eigenvalue weighted by molar-refractivity contribution is 4.98. The van der Waals surface area contributed by atoms with E-state index in [-0.39, 0.29) is 0 Å². The van der Waals surface area contributed by atoms with E-state index in [9.17, 15) is 0 Å². The Balaban J connectivity index is 2.58. The van der Waals surface area contributed by atoms with E-state index in [1.165, 1.54) is 12.1 Å². The molecule has 1 aliphatic heterocycles. The first-order valence-electron chi connectivity index (χ1n) is 6.11. The first kappa shape index (κ1) is 12.7. The molecule has 1 N–H and O–H groups in total. The topological polar surface area (TPSA) is 15.3 Å². The van der Waals surface area contributed by atoms with Gasteiger partial charge in [-0.25, -0.2) is 0 Å². The number of hydrogen-bond donors (Lipinski definition) is 1. The van der Waals surface area contributed by atoms with E-state index in [0.717, 1.165) is 19.0 Å². The number of rotatable bonds is 3. The van der Waals surface area contributed by atoms with Crippen molar-refractivity contribution in [3.8, 4) is 0 Å². The molecule has 1 saturated heterocycles. The minimum atomic E-state index is 0.630. The third-order valence-corrected chi connectivity index (χ3v) is 3.16. The zero-order valence-corrected chi connectivity index (χ0v) is 10.9. The molecule has 88 valence electrons. The summed E-state index contributed by atoms with van der Waals surface area (Å²) in [6.45, 7) is 14.7. The van der Waals surface area contributed by atoms with E-state index in [0.29, 0.717) is 12.1 Å². The molecule has 2 nitrogen and oxygen atoms in total. The zero-order valence-electron chi connectivity index (χ0n) is 10.9. The van der Waals surface area contributed by atoms with Crippen LogP contribution < -0.4 is 5.32 Å². The van der Waals surface area contributed by atoms with E-state index < -0.39 is 0 Å². The molecule has 0 spiro atoms. The molecule has 1 rings (SSSR count). The second kappa shape index (κ2) is 5.66. The van der Waals surface area contributed by atoms with Crippen LogP contribution in [0.2, 0.25) is 0 Å². The summed E-state index contributed by atoms with van der Waals surface area (Å²) >= 11 is 0. The predicted octanol–water partition coefficient (Wildman–Crippen LogP) is 2.27. The molecule has 2 heteroatoms. The SMILES string of the molecule is CC(C)=CCN1CC(C)NCC1C(C)C. The fraction of sp³-hybridized carbons (Fsp3) is 0.846. The van der Waals surface area contributed by atoms with Crippen molar-refractivity contribution in [3.63, 3.8) is 0 Å². The molecule has 0 bridgehead atoms. The van der Waals surface area contributed by atoms with Crippen LogP contribution in [0.1, 0.15) is 34.6 Å². The third-order valence-electron chi connectivity index (χ3n) is 3.16. The quantitative estimate of drug-likeness (QED) is 0.719. The molecule has 0 aromatic rings. The Morgan fingerprint density at radius 1 is 1.47 bits per heavy atom. The summed E-state index contributed by atoms with van der Waals surface area (Å²) in [5.74, 6) is 0.732. The zero-order chi connectivity index (χ0) is 11.4. The van der Waals surface area contributed by atoms with Gasteiger partial charge in [0, 0.05) is 31.7 Å². The molecule has 2 atom stereocenters. The first-order chi connectivity index (χ1) is 7.00. The van der Waals surface area contributed by atoms with Crippen molar-refractivity contribution in [2.24, 2.45) is 5.92 Å². The van der Waals surface area contributed by atoms with E-state index in [1.807, 2.05) is 0 Å². The molecule has 0 aromatic heterocycles. The van der Waals surface area contributed by atoms with E-state index >= 15 is 0 Å². The average molecular weight is 210 g/mol. The van der Waals surface area contributed by atoms with E-state index in [4.69, 9.17) is 0 Å². The Morgan fingerprint density at radius 3 is 2.67 bits per heavy atom. The molecule has 0 aromatic carbocycles. The predicted molar refractivity (Wildman–Crippen MR) is 67.1 cm³/mol. The summed E-state index contributed by atoms with van der Waals surface area (Å²) in [7, 11) is 0. The maximum Gasteiger partial charge on any atom is 0.0247 e. The van der Waals surface area contributed by atoms with Gasteiger partial charge in [0.05, 0.1) is 0 Å². The second-order valence-electron chi connectivity index (χ2n) is 5.36. The van der Waals surface area contributed by atoms with Crippen LogP contribution in [0, 0.1) is 5.92 Å². The third kappa shape index (κ3) is 3.96. The van der Waals surface area contributed by atoms with Gasteiger partial charge in [0.2, 0.25) is 0 Å². The van der Waals surface area contributed by atoms with Crippen molar-refractivity contribution in [3.05, 3.63) is 11.6 Å². The van der Waals surface area contributed by atoms with Gasteiger partial charge < -0.3 is 5.32 Å². The van der Waals surface area contributed by atoms with Gasteiger partial charge in [-0.2, -0.15) is 0 Å². The molecule has 0 amide bonds. The average Bonchev–Trinajstić information content (AvgIpc) is 2.14. The van der Waals surface area contributed by atoms with Gasteiger partial charge in [0.1, 0.15) is 0 Å². The largest absolute Gasteiger partial charge is 0.311 e. The fourth-order valence-corrected chi connectivity index (χ4v) is 2.17. The second-order valence-corrected chi connectivity index (χ2v) is 5.36. The summed E-state index contributed by atoms with van der Waals surface area (Å²) in [6, 6.07) is 1.32. The van der Waals surface area contributed by atoms with Crippen LogP contribution in [0.25, 0.3) is 0 Å². The van der Waals surface area contributed by atoms with Gasteiger partial charge in [-0.3, -0.25) is 4.90 Å². The summed E-state index contributed by atoms with van der Waals surface area (Å²) in [5, 5.41) is 3.57. The van der Waals surface area contributed by atoms with Crippen molar-refractivity contribution in [2.45, 2.75) is 46.7 Å². The lowest BCUT2D eigenvalue weighted by Gasteiger charge is -2.41. The van der Waals surface area contributed by atoms with Crippen molar-refractivity contribution >= 4 is 0 Å². The number of piperazine rings is 1. The first-order valence-corrected chi connectivity index (χ1v) is 6.11.